The van der Waals surface area contributed by atoms with E-state index in [-0.39, 0.29) is 13.2 Å². The van der Waals surface area contributed by atoms with Crippen LogP contribution in [0.25, 0.3) is 0 Å². The molecule has 0 fully saturated rings. The Hall–Kier alpha value is -0.650. The maximum Gasteiger partial charge on any atom is 0.469 e. The van der Waals surface area contributed by atoms with E-state index in [0.29, 0.717) is 0 Å². The number of phosphoric ester groups is 1. The van der Waals surface area contributed by atoms with E-state index in [1.807, 2.05) is 19.1 Å². The van der Waals surface area contributed by atoms with Crippen LogP contribution in [0.1, 0.15) is 5.76 Å². The van der Waals surface area contributed by atoms with Crippen LogP contribution in [-0.4, -0.2) is 22.9 Å². The van der Waals surface area contributed by atoms with E-state index < -0.39 is 7.82 Å². The predicted molar refractivity (Wildman–Crippen MR) is 50.5 cm³/mol. The van der Waals surface area contributed by atoms with Crippen LogP contribution in [0.15, 0.2) is 22.8 Å². The number of rotatable bonds is 3. The Labute approximate surface area is 81.9 Å². The molecule has 6 nitrogen and oxygen atoms in total. The van der Waals surface area contributed by atoms with E-state index in [2.05, 4.69) is 4.52 Å². The second-order valence-electron chi connectivity index (χ2n) is 2.34. The Morgan fingerprint density at radius 2 is 2.29 bits per heavy atom. The highest BCUT2D eigenvalue weighted by Gasteiger charge is 2.11. The molecule has 4 N–H and O–H groups in total. The average molecular weight is 223 g/mol. The number of nitrogens with two attached hydrogens (primary N) is 1. The van der Waals surface area contributed by atoms with E-state index in [9.17, 15) is 4.57 Å². The van der Waals surface area contributed by atoms with Gasteiger partial charge < -0.3 is 19.9 Å². The summed E-state index contributed by atoms with van der Waals surface area (Å²) in [4.78, 5) is 16.0. The molecule has 0 aromatic carbocycles. The van der Waals surface area contributed by atoms with Crippen molar-refractivity contribution < 1.29 is 23.3 Å². The summed E-state index contributed by atoms with van der Waals surface area (Å²) in [7, 11) is -4.26. The van der Waals surface area contributed by atoms with Crippen molar-refractivity contribution in [3.8, 4) is 0 Å². The summed E-state index contributed by atoms with van der Waals surface area (Å²) in [5.74, 6) is 0.968. The summed E-state index contributed by atoms with van der Waals surface area (Å²) < 4.78 is 18.6. The number of hydrogen-bond acceptors (Lipinski definition) is 4. The summed E-state index contributed by atoms with van der Waals surface area (Å²) in [5, 5.41) is 0. The Bertz CT molecular complexity index is 268. The van der Waals surface area contributed by atoms with Gasteiger partial charge in [0.05, 0.1) is 12.9 Å². The fourth-order valence-electron chi connectivity index (χ4n) is 0.532. The first-order chi connectivity index (χ1) is 6.45. The van der Waals surface area contributed by atoms with Crippen molar-refractivity contribution in [3.05, 3.63) is 24.2 Å². The summed E-state index contributed by atoms with van der Waals surface area (Å²) in [6.45, 7) is 1.93. The minimum atomic E-state index is -4.26. The lowest BCUT2D eigenvalue weighted by Gasteiger charge is -2.00. The van der Waals surface area contributed by atoms with Crippen LogP contribution in [0, 0.1) is 6.92 Å². The van der Waals surface area contributed by atoms with E-state index >= 15 is 0 Å². The van der Waals surface area contributed by atoms with Crippen molar-refractivity contribution in [2.24, 2.45) is 5.73 Å². The van der Waals surface area contributed by atoms with Crippen molar-refractivity contribution >= 4 is 7.82 Å². The quantitative estimate of drug-likeness (QED) is 0.649. The van der Waals surface area contributed by atoms with Gasteiger partial charge in [0.2, 0.25) is 0 Å². The number of aryl methyl sites for hydroxylation is 1. The topological polar surface area (TPSA) is 106 Å². The zero-order valence-electron chi connectivity index (χ0n) is 7.79. The SMILES string of the molecule is Cc1ccco1.NCCOP(=O)(O)O. The molecule has 0 saturated carbocycles. The summed E-state index contributed by atoms with van der Waals surface area (Å²) in [6, 6.07) is 3.79. The Balaban J connectivity index is 0.000000249. The molecule has 0 unspecified atom stereocenters. The third-order valence-corrected chi connectivity index (χ3v) is 1.56. The largest absolute Gasteiger partial charge is 0.470 e. The number of phosphoric acid groups is 1. The highest BCUT2D eigenvalue weighted by atomic mass is 31.2. The molecule has 0 aliphatic rings. The van der Waals surface area contributed by atoms with Gasteiger partial charge in [-0.25, -0.2) is 4.57 Å². The van der Waals surface area contributed by atoms with Crippen LogP contribution in [-0.2, 0) is 9.09 Å². The molecule has 14 heavy (non-hydrogen) atoms. The van der Waals surface area contributed by atoms with Gasteiger partial charge in [0, 0.05) is 6.54 Å². The Morgan fingerprint density at radius 1 is 1.64 bits per heavy atom. The zero-order valence-corrected chi connectivity index (χ0v) is 8.68. The van der Waals surface area contributed by atoms with Crippen LogP contribution in [0.5, 0.6) is 0 Å². The molecule has 0 radical (unpaired) electrons. The predicted octanol–water partition coefficient (Wildman–Crippen LogP) is 0.642. The highest BCUT2D eigenvalue weighted by Crippen LogP contribution is 2.34. The van der Waals surface area contributed by atoms with Gasteiger partial charge in [0.25, 0.3) is 0 Å². The van der Waals surface area contributed by atoms with Crippen molar-refractivity contribution in [1.29, 1.82) is 0 Å². The molecule has 1 rings (SSSR count). The first kappa shape index (κ1) is 13.4. The molecule has 1 heterocycles. The Morgan fingerprint density at radius 3 is 2.43 bits per heavy atom. The van der Waals surface area contributed by atoms with Gasteiger partial charge in [-0.3, -0.25) is 4.52 Å². The van der Waals surface area contributed by atoms with Crippen molar-refractivity contribution in [1.82, 2.24) is 0 Å². The third-order valence-electron chi connectivity index (χ3n) is 1.04. The van der Waals surface area contributed by atoms with Crippen molar-refractivity contribution in [2.75, 3.05) is 13.2 Å². The van der Waals surface area contributed by atoms with Crippen LogP contribution in [0.3, 0.4) is 0 Å². The first-order valence-corrected chi connectivity index (χ1v) is 5.39. The lowest BCUT2D eigenvalue weighted by atomic mass is 10.5. The van der Waals surface area contributed by atoms with Gasteiger partial charge in [-0.2, -0.15) is 0 Å². The molecule has 0 saturated heterocycles. The maximum atomic E-state index is 9.81. The normalized spacial score (nSPS) is 10.6. The third kappa shape index (κ3) is 9.44. The summed E-state index contributed by atoms with van der Waals surface area (Å²) in [6.07, 6.45) is 1.66. The molecular weight excluding hydrogens is 209 g/mol. The minimum absolute atomic E-state index is 0.107. The van der Waals surface area contributed by atoms with Gasteiger partial charge in [0.15, 0.2) is 0 Å². The fraction of sp³-hybridized carbons (Fsp3) is 0.429. The highest BCUT2D eigenvalue weighted by molar-refractivity contribution is 7.46. The van der Waals surface area contributed by atoms with E-state index in [1.165, 1.54) is 0 Å². The molecular formula is C7H14NO5P. The van der Waals surface area contributed by atoms with Gasteiger partial charge in [-0.05, 0) is 19.1 Å². The smallest absolute Gasteiger partial charge is 0.469 e. The summed E-state index contributed by atoms with van der Waals surface area (Å²) >= 11 is 0. The van der Waals surface area contributed by atoms with Gasteiger partial charge in [0.1, 0.15) is 5.76 Å². The molecule has 0 aliphatic heterocycles. The molecule has 0 aliphatic carbocycles. The first-order valence-electron chi connectivity index (χ1n) is 3.86. The monoisotopic (exact) mass is 223 g/mol. The molecule has 1 aromatic rings. The standard InChI is InChI=1S/C5H6O.C2H8NO4P/c1-5-3-2-4-6-5;3-1-2-7-8(4,5)6/h2-4H,1H3;1-3H2,(H2,4,5,6). The van der Waals surface area contributed by atoms with Gasteiger partial charge >= 0.3 is 7.82 Å². The molecule has 0 bridgehead atoms. The zero-order chi connectivity index (χ0) is 11.0. The van der Waals surface area contributed by atoms with Gasteiger partial charge in [-0.1, -0.05) is 0 Å². The van der Waals surface area contributed by atoms with E-state index in [0.717, 1.165) is 5.76 Å². The molecule has 1 aromatic heterocycles. The van der Waals surface area contributed by atoms with Crippen LogP contribution in [0.4, 0.5) is 0 Å². The van der Waals surface area contributed by atoms with E-state index in [4.69, 9.17) is 19.9 Å². The minimum Gasteiger partial charge on any atom is -0.470 e. The van der Waals surface area contributed by atoms with E-state index in [1.54, 1.807) is 6.26 Å². The Kier molecular flexibility index (Phi) is 6.44. The second kappa shape index (κ2) is 6.75. The summed E-state index contributed by atoms with van der Waals surface area (Å²) in [5.41, 5.74) is 4.87. The second-order valence-corrected chi connectivity index (χ2v) is 3.58. The molecule has 82 valence electrons. The van der Waals surface area contributed by atoms with Crippen LogP contribution < -0.4 is 5.73 Å². The van der Waals surface area contributed by atoms with Crippen LogP contribution >= 0.6 is 7.82 Å². The lowest BCUT2D eigenvalue weighted by molar-refractivity contribution is 0.202. The number of furan rings is 1. The maximum absolute atomic E-state index is 9.81. The molecule has 0 spiro atoms. The average Bonchev–Trinajstić information content (AvgIpc) is 2.52. The van der Waals surface area contributed by atoms with Gasteiger partial charge in [-0.15, -0.1) is 0 Å². The fourth-order valence-corrected chi connectivity index (χ4v) is 0.876. The number of hydrogen-bond donors (Lipinski definition) is 3. The molecule has 0 atom stereocenters. The van der Waals surface area contributed by atoms with Crippen molar-refractivity contribution in [3.63, 3.8) is 0 Å². The molecule has 0 amide bonds. The van der Waals surface area contributed by atoms with Crippen LogP contribution in [0.2, 0.25) is 0 Å². The molecule has 7 heteroatoms. The van der Waals surface area contributed by atoms with Crippen molar-refractivity contribution in [2.45, 2.75) is 6.92 Å². The lowest BCUT2D eigenvalue weighted by Crippen LogP contribution is -2.06.